The molecule has 0 fully saturated rings. The summed E-state index contributed by atoms with van der Waals surface area (Å²) in [6, 6.07) is 21.6. The minimum atomic E-state index is -4.06. The zero-order valence-corrected chi connectivity index (χ0v) is 18.5. The number of nitrogens with zero attached hydrogens (tertiary/aromatic N) is 1. The molecule has 30 heavy (non-hydrogen) atoms. The highest BCUT2D eigenvalue weighted by atomic mass is 35.5. The molecule has 0 bridgehead atoms. The van der Waals surface area contributed by atoms with E-state index < -0.39 is 22.5 Å². The Balaban J connectivity index is 1.94. The molecular weight excluding hydrogens is 443 g/mol. The fourth-order valence-corrected chi connectivity index (χ4v) is 4.85. The van der Waals surface area contributed by atoms with Gasteiger partial charge in [0.25, 0.3) is 10.0 Å². The second-order valence-electron chi connectivity index (χ2n) is 6.60. The fourth-order valence-electron chi connectivity index (χ4n) is 2.95. The number of benzene rings is 3. The molecular formula is C22H20Cl2N2O3S. The highest BCUT2D eigenvalue weighted by Gasteiger charge is 2.29. The molecule has 5 nitrogen and oxygen atoms in total. The first-order valence-corrected chi connectivity index (χ1v) is 11.4. The normalized spacial score (nSPS) is 12.2. The Morgan fingerprint density at radius 2 is 1.53 bits per heavy atom. The van der Waals surface area contributed by atoms with Crippen LogP contribution >= 0.6 is 23.2 Å². The average molecular weight is 463 g/mol. The summed E-state index contributed by atoms with van der Waals surface area (Å²) in [4.78, 5) is 12.8. The molecule has 3 aromatic carbocycles. The Morgan fingerprint density at radius 3 is 2.17 bits per heavy atom. The van der Waals surface area contributed by atoms with E-state index >= 15 is 0 Å². The van der Waals surface area contributed by atoms with Crippen molar-refractivity contribution < 1.29 is 13.2 Å². The van der Waals surface area contributed by atoms with Crippen molar-refractivity contribution in [2.75, 3.05) is 10.8 Å². The monoisotopic (exact) mass is 462 g/mol. The Labute approximate surface area is 186 Å². The lowest BCUT2D eigenvalue weighted by Crippen LogP contribution is -2.41. The fraction of sp³-hybridized carbons (Fsp3) is 0.136. The van der Waals surface area contributed by atoms with Crippen LogP contribution in [0.5, 0.6) is 0 Å². The minimum absolute atomic E-state index is 0.0463. The van der Waals surface area contributed by atoms with Crippen LogP contribution in [0.15, 0.2) is 83.8 Å². The summed E-state index contributed by atoms with van der Waals surface area (Å²) in [5.41, 5.74) is 1.04. The van der Waals surface area contributed by atoms with E-state index in [0.29, 0.717) is 0 Å². The number of sulfonamides is 1. The van der Waals surface area contributed by atoms with Crippen LogP contribution in [0.4, 0.5) is 5.69 Å². The van der Waals surface area contributed by atoms with Gasteiger partial charge in [0.2, 0.25) is 5.91 Å². The zero-order chi connectivity index (χ0) is 21.7. The van der Waals surface area contributed by atoms with Crippen LogP contribution in [0.1, 0.15) is 18.5 Å². The van der Waals surface area contributed by atoms with Crippen LogP contribution in [0.3, 0.4) is 0 Å². The van der Waals surface area contributed by atoms with Crippen molar-refractivity contribution in [3.63, 3.8) is 0 Å². The first-order valence-electron chi connectivity index (χ1n) is 9.17. The van der Waals surface area contributed by atoms with Crippen molar-refractivity contribution in [3.05, 3.63) is 94.5 Å². The van der Waals surface area contributed by atoms with Crippen molar-refractivity contribution >= 4 is 44.8 Å². The molecule has 0 aromatic heterocycles. The molecule has 3 rings (SSSR count). The lowest BCUT2D eigenvalue weighted by molar-refractivity contribution is -0.120. The number of amides is 1. The Kier molecular flexibility index (Phi) is 7.02. The van der Waals surface area contributed by atoms with Crippen molar-refractivity contribution in [2.45, 2.75) is 17.9 Å². The summed E-state index contributed by atoms with van der Waals surface area (Å²) in [6.45, 7) is 1.38. The van der Waals surface area contributed by atoms with Gasteiger partial charge in [-0.2, -0.15) is 0 Å². The summed E-state index contributed by atoms with van der Waals surface area (Å²) in [5, 5.41) is 3.09. The Hall–Kier alpha value is -2.54. The molecule has 3 aromatic rings. The van der Waals surface area contributed by atoms with Gasteiger partial charge in [-0.3, -0.25) is 9.10 Å². The minimum Gasteiger partial charge on any atom is -0.348 e. The van der Waals surface area contributed by atoms with E-state index in [0.717, 1.165) is 9.87 Å². The van der Waals surface area contributed by atoms with Crippen molar-refractivity contribution in [3.8, 4) is 0 Å². The number of carbonyl (C=O) groups is 1. The van der Waals surface area contributed by atoms with E-state index in [-0.39, 0.29) is 26.7 Å². The summed E-state index contributed by atoms with van der Waals surface area (Å²) in [6.07, 6.45) is 0. The molecule has 1 N–H and O–H groups in total. The SMILES string of the molecule is CC(NC(=O)CN(c1cccc(Cl)c1Cl)S(=O)(=O)c1ccccc1)c1ccccc1. The van der Waals surface area contributed by atoms with Gasteiger partial charge in [0.15, 0.2) is 0 Å². The van der Waals surface area contributed by atoms with Gasteiger partial charge in [0.1, 0.15) is 6.54 Å². The lowest BCUT2D eigenvalue weighted by atomic mass is 10.1. The van der Waals surface area contributed by atoms with E-state index in [4.69, 9.17) is 23.2 Å². The van der Waals surface area contributed by atoms with Crippen LogP contribution in [-0.2, 0) is 14.8 Å². The van der Waals surface area contributed by atoms with E-state index in [1.165, 1.54) is 18.2 Å². The second kappa shape index (κ2) is 9.51. The van der Waals surface area contributed by atoms with Gasteiger partial charge in [-0.15, -0.1) is 0 Å². The Bertz CT molecular complexity index is 1120. The number of rotatable bonds is 7. The molecule has 0 radical (unpaired) electrons. The Morgan fingerprint density at radius 1 is 0.933 bits per heavy atom. The maximum absolute atomic E-state index is 13.3. The van der Waals surface area contributed by atoms with Gasteiger partial charge < -0.3 is 5.32 Å². The molecule has 0 aliphatic rings. The molecule has 0 aliphatic carbocycles. The van der Waals surface area contributed by atoms with Gasteiger partial charge >= 0.3 is 0 Å². The summed E-state index contributed by atoms with van der Waals surface area (Å²) in [7, 11) is -4.06. The van der Waals surface area contributed by atoms with Gasteiger partial charge in [0.05, 0.1) is 26.7 Å². The van der Waals surface area contributed by atoms with Crippen LogP contribution in [0, 0.1) is 0 Å². The number of carbonyl (C=O) groups excluding carboxylic acids is 1. The third-order valence-corrected chi connectivity index (χ3v) is 7.08. The first-order chi connectivity index (χ1) is 14.3. The average Bonchev–Trinajstić information content (AvgIpc) is 2.75. The predicted octanol–water partition coefficient (Wildman–Crippen LogP) is 5.07. The van der Waals surface area contributed by atoms with Gasteiger partial charge in [-0.1, -0.05) is 77.8 Å². The predicted molar refractivity (Wildman–Crippen MR) is 120 cm³/mol. The third-order valence-electron chi connectivity index (χ3n) is 4.50. The standard InChI is InChI=1S/C22H20Cl2N2O3S/c1-16(17-9-4-2-5-10-17)25-21(27)15-26(20-14-8-13-19(23)22(20)24)30(28,29)18-11-6-3-7-12-18/h2-14,16H,15H2,1H3,(H,25,27). The molecule has 0 saturated heterocycles. The quantitative estimate of drug-likeness (QED) is 0.532. The molecule has 0 heterocycles. The number of nitrogens with one attached hydrogen (secondary N) is 1. The molecule has 0 saturated carbocycles. The number of halogens is 2. The number of anilines is 1. The van der Waals surface area contributed by atoms with E-state index in [1.54, 1.807) is 30.3 Å². The second-order valence-corrected chi connectivity index (χ2v) is 9.25. The topological polar surface area (TPSA) is 66.5 Å². The van der Waals surface area contributed by atoms with Gasteiger partial charge in [0, 0.05) is 0 Å². The van der Waals surface area contributed by atoms with Crippen molar-refractivity contribution in [1.82, 2.24) is 5.32 Å². The molecule has 0 spiro atoms. The molecule has 8 heteroatoms. The smallest absolute Gasteiger partial charge is 0.264 e. The summed E-state index contributed by atoms with van der Waals surface area (Å²) in [5.74, 6) is -0.470. The van der Waals surface area contributed by atoms with E-state index in [1.807, 2.05) is 37.3 Å². The van der Waals surface area contributed by atoms with Crippen LogP contribution < -0.4 is 9.62 Å². The zero-order valence-electron chi connectivity index (χ0n) is 16.1. The van der Waals surface area contributed by atoms with E-state index in [9.17, 15) is 13.2 Å². The van der Waals surface area contributed by atoms with Gasteiger partial charge in [-0.25, -0.2) is 8.42 Å². The van der Waals surface area contributed by atoms with Gasteiger partial charge in [-0.05, 0) is 36.8 Å². The van der Waals surface area contributed by atoms with Crippen LogP contribution in [-0.4, -0.2) is 20.9 Å². The van der Waals surface area contributed by atoms with E-state index in [2.05, 4.69) is 5.32 Å². The molecule has 156 valence electrons. The van der Waals surface area contributed by atoms with Crippen LogP contribution in [0.25, 0.3) is 0 Å². The number of hydrogen-bond acceptors (Lipinski definition) is 3. The van der Waals surface area contributed by atoms with Crippen molar-refractivity contribution in [2.24, 2.45) is 0 Å². The highest BCUT2D eigenvalue weighted by Crippen LogP contribution is 2.35. The maximum Gasteiger partial charge on any atom is 0.264 e. The van der Waals surface area contributed by atoms with Crippen LogP contribution in [0.2, 0.25) is 10.0 Å². The summed E-state index contributed by atoms with van der Waals surface area (Å²) >= 11 is 12.4. The third kappa shape index (κ3) is 4.95. The molecule has 1 amide bonds. The largest absolute Gasteiger partial charge is 0.348 e. The summed E-state index contributed by atoms with van der Waals surface area (Å²) < 4.78 is 27.6. The maximum atomic E-state index is 13.3. The highest BCUT2D eigenvalue weighted by molar-refractivity contribution is 7.92. The molecule has 0 aliphatic heterocycles. The van der Waals surface area contributed by atoms with Crippen molar-refractivity contribution in [1.29, 1.82) is 0 Å². The first kappa shape index (κ1) is 22.2. The number of hydrogen-bond donors (Lipinski definition) is 1. The molecule has 1 unspecified atom stereocenters. The lowest BCUT2D eigenvalue weighted by Gasteiger charge is -2.26. The molecule has 1 atom stereocenters.